The van der Waals surface area contributed by atoms with Crippen LogP contribution >= 0.6 is 0 Å². The number of aromatic nitrogens is 1. The summed E-state index contributed by atoms with van der Waals surface area (Å²) < 4.78 is 0. The van der Waals surface area contributed by atoms with Gasteiger partial charge in [-0.05, 0) is 49.1 Å². The largest absolute Gasteiger partial charge is 0.306 e. The molecule has 94 valence electrons. The molecule has 1 aromatic carbocycles. The Kier molecular flexibility index (Phi) is 4.11. The molecule has 18 heavy (non-hydrogen) atoms. The van der Waals surface area contributed by atoms with Gasteiger partial charge >= 0.3 is 0 Å². The van der Waals surface area contributed by atoms with Crippen molar-refractivity contribution in [2.24, 2.45) is 0 Å². The highest BCUT2D eigenvalue weighted by Crippen LogP contribution is 2.13. The van der Waals surface area contributed by atoms with Crippen LogP contribution in [0.3, 0.4) is 0 Å². The minimum absolute atomic E-state index is 0.320. The van der Waals surface area contributed by atoms with Gasteiger partial charge in [-0.15, -0.1) is 0 Å². The maximum absolute atomic E-state index is 4.15. The molecule has 0 bridgehead atoms. The van der Waals surface area contributed by atoms with Gasteiger partial charge in [0.25, 0.3) is 0 Å². The fraction of sp³-hybridized carbons (Fsp3) is 0.312. The molecule has 0 aliphatic heterocycles. The molecule has 1 atom stereocenters. The Labute approximate surface area is 109 Å². The lowest BCUT2D eigenvalue weighted by atomic mass is 10.1. The predicted octanol–water partition coefficient (Wildman–Crippen LogP) is 3.55. The number of rotatable bonds is 4. The van der Waals surface area contributed by atoms with Crippen LogP contribution in [-0.4, -0.2) is 4.98 Å². The molecule has 0 aliphatic carbocycles. The summed E-state index contributed by atoms with van der Waals surface area (Å²) in [5, 5.41) is 3.52. The second-order valence-corrected chi connectivity index (χ2v) is 4.81. The van der Waals surface area contributed by atoms with Gasteiger partial charge in [0.1, 0.15) is 0 Å². The van der Waals surface area contributed by atoms with E-state index < -0.39 is 0 Å². The van der Waals surface area contributed by atoms with E-state index in [-0.39, 0.29) is 0 Å². The number of nitrogens with one attached hydrogen (secondary N) is 1. The molecule has 0 aliphatic rings. The normalized spacial score (nSPS) is 12.4. The zero-order chi connectivity index (χ0) is 13.0. The van der Waals surface area contributed by atoms with Crippen LogP contribution in [0.1, 0.15) is 35.2 Å². The summed E-state index contributed by atoms with van der Waals surface area (Å²) in [4.78, 5) is 4.15. The average Bonchev–Trinajstić information content (AvgIpc) is 2.41. The Bertz CT molecular complexity index is 506. The summed E-state index contributed by atoms with van der Waals surface area (Å²) in [5.41, 5.74) is 5.25. The first-order valence-corrected chi connectivity index (χ1v) is 6.36. The van der Waals surface area contributed by atoms with E-state index in [1.807, 2.05) is 12.3 Å². The van der Waals surface area contributed by atoms with Crippen molar-refractivity contribution in [1.82, 2.24) is 10.3 Å². The van der Waals surface area contributed by atoms with Gasteiger partial charge < -0.3 is 5.32 Å². The van der Waals surface area contributed by atoms with E-state index >= 15 is 0 Å². The SMILES string of the molecule is Cc1ccc(CNC(C)c2cccnc2)cc1C. The summed E-state index contributed by atoms with van der Waals surface area (Å²) in [5.74, 6) is 0. The number of pyridine rings is 1. The van der Waals surface area contributed by atoms with Gasteiger partial charge in [0, 0.05) is 25.0 Å². The minimum atomic E-state index is 0.320. The minimum Gasteiger partial charge on any atom is -0.306 e. The molecular weight excluding hydrogens is 220 g/mol. The van der Waals surface area contributed by atoms with E-state index in [1.165, 1.54) is 22.3 Å². The van der Waals surface area contributed by atoms with Crippen molar-refractivity contribution in [2.45, 2.75) is 33.4 Å². The molecule has 1 N–H and O–H groups in total. The molecule has 0 amide bonds. The van der Waals surface area contributed by atoms with Crippen molar-refractivity contribution in [3.8, 4) is 0 Å². The fourth-order valence-electron chi connectivity index (χ4n) is 1.93. The van der Waals surface area contributed by atoms with Crippen LogP contribution in [0.4, 0.5) is 0 Å². The Morgan fingerprint density at radius 3 is 2.67 bits per heavy atom. The molecule has 0 saturated carbocycles. The Balaban J connectivity index is 1.97. The highest BCUT2D eigenvalue weighted by Gasteiger charge is 2.04. The summed E-state index contributed by atoms with van der Waals surface area (Å²) in [6.07, 6.45) is 3.72. The fourth-order valence-corrected chi connectivity index (χ4v) is 1.93. The molecule has 2 rings (SSSR count). The molecule has 1 aromatic heterocycles. The average molecular weight is 240 g/mol. The number of nitrogens with zero attached hydrogens (tertiary/aromatic N) is 1. The molecule has 0 fully saturated rings. The lowest BCUT2D eigenvalue weighted by molar-refractivity contribution is 0.573. The van der Waals surface area contributed by atoms with Crippen molar-refractivity contribution in [3.63, 3.8) is 0 Å². The molecule has 2 heteroatoms. The van der Waals surface area contributed by atoms with Gasteiger partial charge in [-0.1, -0.05) is 24.3 Å². The highest BCUT2D eigenvalue weighted by atomic mass is 14.9. The van der Waals surface area contributed by atoms with Crippen molar-refractivity contribution in [2.75, 3.05) is 0 Å². The summed E-state index contributed by atoms with van der Waals surface area (Å²) in [6.45, 7) is 7.35. The molecule has 1 unspecified atom stereocenters. The molecule has 0 radical (unpaired) electrons. The molecule has 2 aromatic rings. The number of hydrogen-bond donors (Lipinski definition) is 1. The summed E-state index contributed by atoms with van der Waals surface area (Å²) in [7, 11) is 0. The molecule has 0 saturated heterocycles. The zero-order valence-corrected chi connectivity index (χ0v) is 11.3. The van der Waals surface area contributed by atoms with Gasteiger partial charge in [0.15, 0.2) is 0 Å². The van der Waals surface area contributed by atoms with Crippen LogP contribution in [0, 0.1) is 13.8 Å². The predicted molar refractivity (Wildman–Crippen MR) is 75.4 cm³/mol. The number of benzene rings is 1. The smallest absolute Gasteiger partial charge is 0.0315 e. The third-order valence-corrected chi connectivity index (χ3v) is 3.37. The standard InChI is InChI=1S/C16H20N2/c1-12-6-7-15(9-13(12)2)10-18-14(3)16-5-4-8-17-11-16/h4-9,11,14,18H,10H2,1-3H3. The first kappa shape index (κ1) is 12.8. The molecule has 2 nitrogen and oxygen atoms in total. The van der Waals surface area contributed by atoms with E-state index in [2.05, 4.69) is 55.3 Å². The van der Waals surface area contributed by atoms with Crippen molar-refractivity contribution >= 4 is 0 Å². The maximum Gasteiger partial charge on any atom is 0.0315 e. The third-order valence-electron chi connectivity index (χ3n) is 3.37. The van der Waals surface area contributed by atoms with Gasteiger partial charge in [0.2, 0.25) is 0 Å². The molecular formula is C16H20N2. The van der Waals surface area contributed by atoms with Crippen LogP contribution in [0.15, 0.2) is 42.7 Å². The van der Waals surface area contributed by atoms with E-state index in [1.54, 1.807) is 6.20 Å². The molecule has 1 heterocycles. The van der Waals surface area contributed by atoms with Gasteiger partial charge in [-0.2, -0.15) is 0 Å². The second kappa shape index (κ2) is 5.78. The van der Waals surface area contributed by atoms with E-state index in [0.29, 0.717) is 6.04 Å². The quantitative estimate of drug-likeness (QED) is 0.884. The van der Waals surface area contributed by atoms with Crippen molar-refractivity contribution in [1.29, 1.82) is 0 Å². The van der Waals surface area contributed by atoms with Gasteiger partial charge in [-0.25, -0.2) is 0 Å². The van der Waals surface area contributed by atoms with E-state index in [9.17, 15) is 0 Å². The Morgan fingerprint density at radius 1 is 1.17 bits per heavy atom. The first-order chi connectivity index (χ1) is 8.66. The van der Waals surface area contributed by atoms with Crippen LogP contribution in [0.25, 0.3) is 0 Å². The van der Waals surface area contributed by atoms with Crippen LogP contribution in [0.5, 0.6) is 0 Å². The monoisotopic (exact) mass is 240 g/mol. The van der Waals surface area contributed by atoms with Gasteiger partial charge in [-0.3, -0.25) is 4.98 Å². The van der Waals surface area contributed by atoms with Crippen LogP contribution in [-0.2, 0) is 6.54 Å². The lowest BCUT2D eigenvalue weighted by Gasteiger charge is -2.14. The van der Waals surface area contributed by atoms with E-state index in [0.717, 1.165) is 6.54 Å². The van der Waals surface area contributed by atoms with Crippen LogP contribution in [0.2, 0.25) is 0 Å². The Hall–Kier alpha value is -1.67. The zero-order valence-electron chi connectivity index (χ0n) is 11.3. The second-order valence-electron chi connectivity index (χ2n) is 4.81. The Morgan fingerprint density at radius 2 is 2.00 bits per heavy atom. The molecule has 0 spiro atoms. The van der Waals surface area contributed by atoms with Crippen LogP contribution < -0.4 is 5.32 Å². The summed E-state index contributed by atoms with van der Waals surface area (Å²) >= 11 is 0. The number of hydrogen-bond acceptors (Lipinski definition) is 2. The highest BCUT2D eigenvalue weighted by molar-refractivity contribution is 5.30. The van der Waals surface area contributed by atoms with Crippen molar-refractivity contribution < 1.29 is 0 Å². The number of aryl methyl sites for hydroxylation is 2. The van der Waals surface area contributed by atoms with Gasteiger partial charge in [0.05, 0.1) is 0 Å². The summed E-state index contributed by atoms with van der Waals surface area (Å²) in [6, 6.07) is 11.0. The maximum atomic E-state index is 4.15. The third kappa shape index (κ3) is 3.17. The first-order valence-electron chi connectivity index (χ1n) is 6.36. The van der Waals surface area contributed by atoms with Crippen molar-refractivity contribution in [3.05, 3.63) is 65.0 Å². The topological polar surface area (TPSA) is 24.9 Å². The lowest BCUT2D eigenvalue weighted by Crippen LogP contribution is -2.18. The van der Waals surface area contributed by atoms with E-state index in [4.69, 9.17) is 0 Å².